The van der Waals surface area contributed by atoms with E-state index >= 15 is 0 Å². The monoisotopic (exact) mass is 380 g/mol. The maximum absolute atomic E-state index is 12.0. The van der Waals surface area contributed by atoms with E-state index in [4.69, 9.17) is 27.9 Å². The fourth-order valence-corrected chi connectivity index (χ4v) is 2.47. The predicted molar refractivity (Wildman–Crippen MR) is 98.4 cm³/mol. The molecule has 0 aliphatic rings. The maximum Gasteiger partial charge on any atom is 0.296 e. The highest BCUT2D eigenvalue weighted by Crippen LogP contribution is 2.29. The summed E-state index contributed by atoms with van der Waals surface area (Å²) in [5.74, 6) is -0.172. The summed E-state index contributed by atoms with van der Waals surface area (Å²) >= 11 is 11.8. The van der Waals surface area contributed by atoms with Crippen molar-refractivity contribution in [1.82, 2.24) is 0 Å². The SMILES string of the molecule is CCOc1ccc(NC(=O)C=Cc2ccc(Cl)cc2Cl)c([N+](=O)[O-])c1. The average molecular weight is 381 g/mol. The minimum absolute atomic E-state index is 0.0744. The highest BCUT2D eigenvalue weighted by atomic mass is 35.5. The van der Waals surface area contributed by atoms with Gasteiger partial charge in [0.1, 0.15) is 11.4 Å². The van der Waals surface area contributed by atoms with Crippen molar-refractivity contribution in [3.05, 3.63) is 68.2 Å². The summed E-state index contributed by atoms with van der Waals surface area (Å²) < 4.78 is 5.23. The van der Waals surface area contributed by atoms with Gasteiger partial charge in [0, 0.05) is 16.1 Å². The molecule has 1 amide bonds. The minimum Gasteiger partial charge on any atom is -0.494 e. The van der Waals surface area contributed by atoms with E-state index in [1.165, 1.54) is 24.3 Å². The molecule has 0 aromatic heterocycles. The molecule has 6 nitrogen and oxygen atoms in total. The standard InChI is InChI=1S/C17H14Cl2N2O4/c1-2-25-13-6-7-15(16(10-13)21(23)24)20-17(22)8-4-11-3-5-12(18)9-14(11)19/h3-10H,2H2,1H3,(H,20,22). The van der Waals surface area contributed by atoms with E-state index < -0.39 is 10.8 Å². The van der Waals surface area contributed by atoms with Crippen LogP contribution in [0, 0.1) is 10.1 Å². The number of ether oxygens (including phenoxy) is 1. The van der Waals surface area contributed by atoms with Crippen LogP contribution < -0.4 is 10.1 Å². The Kier molecular flexibility index (Phi) is 6.38. The van der Waals surface area contributed by atoms with Crippen LogP contribution in [0.15, 0.2) is 42.5 Å². The number of hydrogen-bond donors (Lipinski definition) is 1. The molecule has 0 bridgehead atoms. The molecule has 0 radical (unpaired) electrons. The summed E-state index contributed by atoms with van der Waals surface area (Å²) in [5, 5.41) is 14.5. The second-order valence-corrected chi connectivity index (χ2v) is 5.70. The molecule has 0 aliphatic carbocycles. The maximum atomic E-state index is 12.0. The Balaban J connectivity index is 2.17. The molecule has 1 N–H and O–H groups in total. The van der Waals surface area contributed by atoms with Gasteiger partial charge < -0.3 is 10.1 Å². The molecule has 2 aromatic rings. The number of amides is 1. The third-order valence-corrected chi connectivity index (χ3v) is 3.67. The Morgan fingerprint density at radius 2 is 2.04 bits per heavy atom. The average Bonchev–Trinajstić information content (AvgIpc) is 2.55. The Bertz CT molecular complexity index is 837. The summed E-state index contributed by atoms with van der Waals surface area (Å²) in [7, 11) is 0. The molecule has 0 heterocycles. The van der Waals surface area contributed by atoms with Crippen molar-refractivity contribution in [3.8, 4) is 5.75 Å². The van der Waals surface area contributed by atoms with Crippen LogP contribution in [0.25, 0.3) is 6.08 Å². The summed E-state index contributed by atoms with van der Waals surface area (Å²) in [6.45, 7) is 2.15. The van der Waals surface area contributed by atoms with Crippen molar-refractivity contribution in [3.63, 3.8) is 0 Å². The quantitative estimate of drug-likeness (QED) is 0.436. The summed E-state index contributed by atoms with van der Waals surface area (Å²) in [6, 6.07) is 9.09. The Hall–Kier alpha value is -2.57. The highest BCUT2D eigenvalue weighted by Gasteiger charge is 2.16. The predicted octanol–water partition coefficient (Wildman–Crippen LogP) is 4.95. The second-order valence-electron chi connectivity index (χ2n) is 4.86. The molecule has 0 saturated carbocycles. The number of nitro groups is 1. The number of benzene rings is 2. The van der Waals surface area contributed by atoms with E-state index in [0.29, 0.717) is 28.0 Å². The van der Waals surface area contributed by atoms with Crippen LogP contribution in [0.5, 0.6) is 5.75 Å². The van der Waals surface area contributed by atoms with Crippen LogP contribution in [0.3, 0.4) is 0 Å². The first-order valence-electron chi connectivity index (χ1n) is 7.26. The lowest BCUT2D eigenvalue weighted by molar-refractivity contribution is -0.384. The number of hydrogen-bond acceptors (Lipinski definition) is 4. The molecule has 0 aliphatic heterocycles. The third-order valence-electron chi connectivity index (χ3n) is 3.11. The van der Waals surface area contributed by atoms with Gasteiger partial charge in [0.2, 0.25) is 5.91 Å². The lowest BCUT2D eigenvalue weighted by Crippen LogP contribution is -2.09. The van der Waals surface area contributed by atoms with Crippen molar-refractivity contribution in [2.24, 2.45) is 0 Å². The van der Waals surface area contributed by atoms with Gasteiger partial charge in [-0.15, -0.1) is 0 Å². The molecule has 130 valence electrons. The van der Waals surface area contributed by atoms with Gasteiger partial charge in [-0.25, -0.2) is 0 Å². The van der Waals surface area contributed by atoms with Gasteiger partial charge in [0.05, 0.1) is 17.6 Å². The van der Waals surface area contributed by atoms with Crippen molar-refractivity contribution in [2.75, 3.05) is 11.9 Å². The first-order valence-corrected chi connectivity index (χ1v) is 8.01. The number of carbonyl (C=O) groups is 1. The number of rotatable bonds is 6. The van der Waals surface area contributed by atoms with Crippen LogP contribution in [0.4, 0.5) is 11.4 Å². The van der Waals surface area contributed by atoms with E-state index in [0.717, 1.165) is 0 Å². The topological polar surface area (TPSA) is 81.5 Å². The Morgan fingerprint density at radius 1 is 1.28 bits per heavy atom. The van der Waals surface area contributed by atoms with Gasteiger partial charge in [-0.2, -0.15) is 0 Å². The number of nitro benzene ring substituents is 1. The lowest BCUT2D eigenvalue weighted by Gasteiger charge is -2.07. The van der Waals surface area contributed by atoms with Crippen molar-refractivity contribution in [1.29, 1.82) is 0 Å². The molecular weight excluding hydrogens is 367 g/mol. The zero-order chi connectivity index (χ0) is 18.4. The molecule has 2 aromatic carbocycles. The van der Waals surface area contributed by atoms with Crippen molar-refractivity contribution in [2.45, 2.75) is 6.92 Å². The molecule has 0 fully saturated rings. The van der Waals surface area contributed by atoms with Crippen molar-refractivity contribution < 1.29 is 14.5 Å². The van der Waals surface area contributed by atoms with Crippen LogP contribution in [0.1, 0.15) is 12.5 Å². The zero-order valence-corrected chi connectivity index (χ0v) is 14.7. The number of nitrogens with zero attached hydrogens (tertiary/aromatic N) is 1. The summed E-state index contributed by atoms with van der Waals surface area (Å²) in [4.78, 5) is 22.6. The molecule has 0 spiro atoms. The van der Waals surface area contributed by atoms with Crippen LogP contribution in [-0.2, 0) is 4.79 Å². The first kappa shape index (κ1) is 18.8. The molecular formula is C17H14Cl2N2O4. The largest absolute Gasteiger partial charge is 0.494 e. The smallest absolute Gasteiger partial charge is 0.296 e. The summed E-state index contributed by atoms with van der Waals surface area (Å²) in [5.41, 5.74) is 0.421. The summed E-state index contributed by atoms with van der Waals surface area (Å²) in [6.07, 6.45) is 2.73. The van der Waals surface area contributed by atoms with Gasteiger partial charge in [-0.05, 0) is 42.8 Å². The molecule has 0 saturated heterocycles. The molecule has 0 atom stereocenters. The van der Waals surface area contributed by atoms with E-state index in [1.807, 2.05) is 0 Å². The van der Waals surface area contributed by atoms with Gasteiger partial charge >= 0.3 is 0 Å². The fourth-order valence-electron chi connectivity index (χ4n) is 2.00. The molecule has 25 heavy (non-hydrogen) atoms. The number of nitrogens with one attached hydrogen (secondary N) is 1. The Labute approximate surface area is 154 Å². The highest BCUT2D eigenvalue weighted by molar-refractivity contribution is 6.35. The van der Waals surface area contributed by atoms with E-state index in [1.54, 1.807) is 31.2 Å². The first-order chi connectivity index (χ1) is 11.9. The minimum atomic E-state index is -0.585. The van der Waals surface area contributed by atoms with Gasteiger partial charge in [-0.1, -0.05) is 29.3 Å². The number of carbonyl (C=O) groups excluding carboxylic acids is 1. The van der Waals surface area contributed by atoms with Crippen LogP contribution in [-0.4, -0.2) is 17.4 Å². The second kappa shape index (κ2) is 8.50. The van der Waals surface area contributed by atoms with Crippen LogP contribution >= 0.6 is 23.2 Å². The van der Waals surface area contributed by atoms with E-state index in [9.17, 15) is 14.9 Å². The van der Waals surface area contributed by atoms with Gasteiger partial charge in [0.25, 0.3) is 5.69 Å². The number of halogens is 2. The van der Waals surface area contributed by atoms with Gasteiger partial charge in [0.15, 0.2) is 0 Å². The molecule has 8 heteroatoms. The van der Waals surface area contributed by atoms with E-state index in [2.05, 4.69) is 5.32 Å². The lowest BCUT2D eigenvalue weighted by atomic mass is 10.2. The molecule has 2 rings (SSSR count). The zero-order valence-electron chi connectivity index (χ0n) is 13.2. The third kappa shape index (κ3) is 5.20. The molecule has 0 unspecified atom stereocenters. The normalized spacial score (nSPS) is 10.7. The van der Waals surface area contributed by atoms with E-state index in [-0.39, 0.29) is 11.4 Å². The fraction of sp³-hybridized carbons (Fsp3) is 0.118. The van der Waals surface area contributed by atoms with Crippen LogP contribution in [0.2, 0.25) is 10.0 Å². The number of anilines is 1. The Morgan fingerprint density at radius 3 is 2.68 bits per heavy atom. The van der Waals surface area contributed by atoms with Gasteiger partial charge in [-0.3, -0.25) is 14.9 Å². The van der Waals surface area contributed by atoms with Crippen molar-refractivity contribution >= 4 is 46.6 Å².